The van der Waals surface area contributed by atoms with E-state index in [2.05, 4.69) is 21.4 Å². The Labute approximate surface area is 188 Å². The lowest BCUT2D eigenvalue weighted by molar-refractivity contribution is 0.0438. The number of aliphatic hydroxyl groups is 1. The number of nitrogens with one attached hydrogen (secondary N) is 2. The number of benzene rings is 2. The van der Waals surface area contributed by atoms with E-state index in [0.717, 1.165) is 39.1 Å². The van der Waals surface area contributed by atoms with Crippen LogP contribution in [0.4, 0.5) is 10.2 Å². The van der Waals surface area contributed by atoms with Gasteiger partial charge >= 0.3 is 0 Å². The van der Waals surface area contributed by atoms with Gasteiger partial charge in [-0.05, 0) is 61.1 Å². The van der Waals surface area contributed by atoms with E-state index < -0.39 is 5.60 Å². The van der Waals surface area contributed by atoms with E-state index in [1.165, 1.54) is 6.07 Å². The Morgan fingerprint density at radius 3 is 2.53 bits per heavy atom. The Balaban J connectivity index is 1.47. The number of aryl methyl sites for hydroxylation is 1. The van der Waals surface area contributed by atoms with Gasteiger partial charge in [-0.1, -0.05) is 50.2 Å². The van der Waals surface area contributed by atoms with Crippen LogP contribution in [0.25, 0.3) is 22.2 Å². The third-order valence-electron chi connectivity index (χ3n) is 5.99. The number of hydrogen-bond acceptors (Lipinski definition) is 3. The van der Waals surface area contributed by atoms with Crippen LogP contribution in [0.1, 0.15) is 38.3 Å². The number of pyridine rings is 1. The Morgan fingerprint density at radius 2 is 1.78 bits per heavy atom. The van der Waals surface area contributed by atoms with Crippen LogP contribution < -0.4 is 5.32 Å². The summed E-state index contributed by atoms with van der Waals surface area (Å²) in [5.74, 6) is 0.574. The summed E-state index contributed by atoms with van der Waals surface area (Å²) < 4.78 is 13.8. The second-order valence-electron chi connectivity index (χ2n) is 9.58. The Kier molecular flexibility index (Phi) is 5.78. The maximum absolute atomic E-state index is 13.8. The number of nitrogens with zero attached hydrogens (tertiary/aromatic N) is 1. The largest absolute Gasteiger partial charge is 0.388 e. The van der Waals surface area contributed by atoms with Crippen molar-refractivity contribution in [2.24, 2.45) is 0 Å². The third-order valence-corrected chi connectivity index (χ3v) is 5.99. The van der Waals surface area contributed by atoms with Gasteiger partial charge in [-0.3, -0.25) is 4.98 Å². The molecule has 0 radical (unpaired) electrons. The van der Waals surface area contributed by atoms with Crippen molar-refractivity contribution in [2.75, 3.05) is 11.9 Å². The standard InChI is InChI=1S/C27H30FN3O/c1-18-10-11-21(28)14-22(18)26(2,3)16-27(4,32)17-30-25-13-20-12-23(29-15-24(20)31-25)19-8-6-5-7-9-19/h5-15,30-32H,16-17H2,1-4H3. The molecule has 0 aliphatic rings. The molecular weight excluding hydrogens is 401 g/mol. The van der Waals surface area contributed by atoms with Crippen LogP contribution in [0.3, 0.4) is 0 Å². The first-order chi connectivity index (χ1) is 15.1. The second-order valence-corrected chi connectivity index (χ2v) is 9.58. The van der Waals surface area contributed by atoms with E-state index in [1.807, 2.05) is 70.3 Å². The molecule has 2 aromatic carbocycles. The Morgan fingerprint density at radius 1 is 1.03 bits per heavy atom. The van der Waals surface area contributed by atoms with E-state index in [1.54, 1.807) is 12.1 Å². The molecule has 0 spiro atoms. The lowest BCUT2D eigenvalue weighted by atomic mass is 9.74. The smallest absolute Gasteiger partial charge is 0.123 e. The zero-order valence-corrected chi connectivity index (χ0v) is 19.0. The van der Waals surface area contributed by atoms with Crippen LogP contribution in [0, 0.1) is 12.7 Å². The van der Waals surface area contributed by atoms with Gasteiger partial charge in [-0.15, -0.1) is 0 Å². The minimum Gasteiger partial charge on any atom is -0.388 e. The molecule has 0 aliphatic heterocycles. The molecular formula is C27H30FN3O. The van der Waals surface area contributed by atoms with Gasteiger partial charge < -0.3 is 15.4 Å². The van der Waals surface area contributed by atoms with Gasteiger partial charge in [0.05, 0.1) is 23.0 Å². The summed E-state index contributed by atoms with van der Waals surface area (Å²) in [6.07, 6.45) is 2.31. The molecule has 0 amide bonds. The number of halogens is 1. The molecule has 2 aromatic heterocycles. The van der Waals surface area contributed by atoms with Crippen molar-refractivity contribution in [2.45, 2.75) is 45.1 Å². The fourth-order valence-electron chi connectivity index (χ4n) is 4.61. The highest BCUT2D eigenvalue weighted by molar-refractivity contribution is 5.86. The highest BCUT2D eigenvalue weighted by atomic mass is 19.1. The molecule has 0 saturated carbocycles. The molecule has 0 bridgehead atoms. The van der Waals surface area contributed by atoms with Gasteiger partial charge in [0.2, 0.25) is 0 Å². The summed E-state index contributed by atoms with van der Waals surface area (Å²) in [4.78, 5) is 7.88. The molecule has 166 valence electrons. The predicted octanol–water partition coefficient (Wildman–Crippen LogP) is 6.21. The minimum atomic E-state index is -0.993. The van der Waals surface area contributed by atoms with Crippen LogP contribution in [-0.4, -0.2) is 27.2 Å². The summed E-state index contributed by atoms with van der Waals surface area (Å²) in [6.45, 7) is 8.24. The molecule has 0 aliphatic carbocycles. The molecule has 4 nitrogen and oxygen atoms in total. The number of fused-ring (bicyclic) bond motifs is 1. The number of rotatable bonds is 7. The maximum Gasteiger partial charge on any atom is 0.123 e. The number of hydrogen-bond donors (Lipinski definition) is 3. The number of aromatic amines is 1. The fraction of sp³-hybridized carbons (Fsp3) is 0.296. The summed E-state index contributed by atoms with van der Waals surface area (Å²) in [5.41, 5.74) is 3.49. The van der Waals surface area contributed by atoms with Crippen molar-refractivity contribution in [3.63, 3.8) is 0 Å². The van der Waals surface area contributed by atoms with Crippen LogP contribution >= 0.6 is 0 Å². The average Bonchev–Trinajstić information content (AvgIpc) is 3.16. The molecule has 3 N–H and O–H groups in total. The highest BCUT2D eigenvalue weighted by Crippen LogP contribution is 2.35. The van der Waals surface area contributed by atoms with Crippen LogP contribution in [0.15, 0.2) is 66.9 Å². The summed E-state index contributed by atoms with van der Waals surface area (Å²) in [5, 5.41) is 15.5. The van der Waals surface area contributed by atoms with Crippen molar-refractivity contribution >= 4 is 16.7 Å². The van der Waals surface area contributed by atoms with E-state index in [9.17, 15) is 9.50 Å². The van der Waals surface area contributed by atoms with Gasteiger partial charge in [0.25, 0.3) is 0 Å². The van der Waals surface area contributed by atoms with Gasteiger partial charge in [-0.25, -0.2) is 4.39 Å². The highest BCUT2D eigenvalue weighted by Gasteiger charge is 2.33. The Bertz CT molecular complexity index is 1230. The zero-order chi connectivity index (χ0) is 22.9. The molecule has 1 atom stereocenters. The molecule has 0 saturated heterocycles. The van der Waals surface area contributed by atoms with Crippen molar-refractivity contribution in [3.8, 4) is 11.3 Å². The quantitative estimate of drug-likeness (QED) is 0.326. The lowest BCUT2D eigenvalue weighted by Crippen LogP contribution is -2.40. The summed E-state index contributed by atoms with van der Waals surface area (Å²) >= 11 is 0. The molecule has 2 heterocycles. The van der Waals surface area contributed by atoms with Crippen molar-refractivity contribution in [1.82, 2.24) is 9.97 Å². The average molecular weight is 432 g/mol. The van der Waals surface area contributed by atoms with Gasteiger partial charge in [0, 0.05) is 17.5 Å². The van der Waals surface area contributed by atoms with Crippen LogP contribution in [0.5, 0.6) is 0 Å². The van der Waals surface area contributed by atoms with Crippen molar-refractivity contribution in [3.05, 3.63) is 83.8 Å². The SMILES string of the molecule is Cc1ccc(F)cc1C(C)(C)CC(C)(O)CNc1cc2cc(-c3ccccc3)ncc2[nH]1. The molecule has 1 unspecified atom stereocenters. The van der Waals surface area contributed by atoms with Gasteiger partial charge in [0.15, 0.2) is 0 Å². The first-order valence-corrected chi connectivity index (χ1v) is 10.9. The normalized spacial score (nSPS) is 13.8. The minimum absolute atomic E-state index is 0.252. The first-order valence-electron chi connectivity index (χ1n) is 10.9. The van der Waals surface area contributed by atoms with Gasteiger partial charge in [0.1, 0.15) is 11.6 Å². The molecule has 4 aromatic rings. The predicted molar refractivity (Wildman–Crippen MR) is 129 cm³/mol. The molecule has 4 rings (SSSR count). The second kappa shape index (κ2) is 8.40. The van der Waals surface area contributed by atoms with Crippen LogP contribution in [-0.2, 0) is 5.41 Å². The molecule has 5 heteroatoms. The maximum atomic E-state index is 13.8. The summed E-state index contributed by atoms with van der Waals surface area (Å²) in [6, 6.07) is 19.0. The summed E-state index contributed by atoms with van der Waals surface area (Å²) in [7, 11) is 0. The van der Waals surface area contributed by atoms with Crippen molar-refractivity contribution < 1.29 is 9.50 Å². The monoisotopic (exact) mass is 431 g/mol. The zero-order valence-electron chi connectivity index (χ0n) is 19.0. The lowest BCUT2D eigenvalue weighted by Gasteiger charge is -2.35. The van der Waals surface area contributed by atoms with E-state index in [-0.39, 0.29) is 11.2 Å². The Hall–Kier alpha value is -3.18. The third kappa shape index (κ3) is 4.83. The first kappa shape index (κ1) is 22.0. The van der Waals surface area contributed by atoms with Crippen molar-refractivity contribution in [1.29, 1.82) is 0 Å². The topological polar surface area (TPSA) is 60.9 Å². The number of H-pyrrole nitrogens is 1. The van der Waals surface area contributed by atoms with Crippen LogP contribution in [0.2, 0.25) is 0 Å². The van der Waals surface area contributed by atoms with Gasteiger partial charge in [-0.2, -0.15) is 0 Å². The fourth-order valence-corrected chi connectivity index (χ4v) is 4.61. The van der Waals surface area contributed by atoms with E-state index in [0.29, 0.717) is 13.0 Å². The number of anilines is 1. The van der Waals surface area contributed by atoms with E-state index >= 15 is 0 Å². The van der Waals surface area contributed by atoms with E-state index in [4.69, 9.17) is 0 Å². The molecule has 32 heavy (non-hydrogen) atoms. The molecule has 0 fully saturated rings. The number of aromatic nitrogens is 2.